The molecule has 3 aromatic rings. The molecule has 1 aliphatic heterocycles. The van der Waals surface area contributed by atoms with E-state index in [1.807, 2.05) is 18.2 Å². The number of esters is 1. The standard InChI is InChI=1S/C22H23N3O4S/c1-28-15-7-8-18-19(13-15)30-22(24-18)25-11-9-14(10-12-25)20(26)23-17-6-4-3-5-16(17)21(27)29-2/h3-8,13-14H,9-12H2,1-2H3,(H,23,26). The van der Waals surface area contributed by atoms with Gasteiger partial charge in [0.05, 0.1) is 35.7 Å². The van der Waals surface area contributed by atoms with Gasteiger partial charge in [-0.2, -0.15) is 0 Å². The molecule has 156 valence electrons. The molecular weight excluding hydrogens is 402 g/mol. The van der Waals surface area contributed by atoms with E-state index in [9.17, 15) is 9.59 Å². The second kappa shape index (κ2) is 8.71. The maximum absolute atomic E-state index is 12.8. The Morgan fingerprint density at radius 1 is 1.13 bits per heavy atom. The van der Waals surface area contributed by atoms with Gasteiger partial charge in [0.25, 0.3) is 0 Å². The number of ether oxygens (including phenoxy) is 2. The summed E-state index contributed by atoms with van der Waals surface area (Å²) >= 11 is 1.64. The average molecular weight is 426 g/mol. The Hall–Kier alpha value is -3.13. The monoisotopic (exact) mass is 425 g/mol. The number of anilines is 2. The van der Waals surface area contributed by atoms with Crippen molar-refractivity contribution in [3.05, 3.63) is 48.0 Å². The van der Waals surface area contributed by atoms with Gasteiger partial charge in [0.15, 0.2) is 5.13 Å². The summed E-state index contributed by atoms with van der Waals surface area (Å²) in [6.07, 6.45) is 1.46. The van der Waals surface area contributed by atoms with Crippen molar-refractivity contribution in [2.75, 3.05) is 37.5 Å². The Labute approximate surface area is 178 Å². The molecule has 0 saturated carbocycles. The van der Waals surface area contributed by atoms with Crippen molar-refractivity contribution in [3.8, 4) is 5.75 Å². The zero-order valence-electron chi connectivity index (χ0n) is 16.9. The van der Waals surface area contributed by atoms with Crippen molar-refractivity contribution in [1.29, 1.82) is 0 Å². The average Bonchev–Trinajstić information content (AvgIpc) is 3.22. The van der Waals surface area contributed by atoms with Crippen LogP contribution in [0.3, 0.4) is 0 Å². The molecule has 2 heterocycles. The van der Waals surface area contributed by atoms with Gasteiger partial charge in [0.2, 0.25) is 5.91 Å². The number of methoxy groups -OCH3 is 2. The number of rotatable bonds is 5. The van der Waals surface area contributed by atoms with Gasteiger partial charge in [-0.25, -0.2) is 9.78 Å². The van der Waals surface area contributed by atoms with Crippen LogP contribution in [0.2, 0.25) is 0 Å². The molecule has 1 aliphatic rings. The minimum Gasteiger partial charge on any atom is -0.497 e. The lowest BCUT2D eigenvalue weighted by Gasteiger charge is -2.31. The van der Waals surface area contributed by atoms with Crippen molar-refractivity contribution in [2.45, 2.75) is 12.8 Å². The first-order valence-corrected chi connectivity index (χ1v) is 10.6. The van der Waals surface area contributed by atoms with E-state index in [1.165, 1.54) is 7.11 Å². The summed E-state index contributed by atoms with van der Waals surface area (Å²) < 4.78 is 11.2. The van der Waals surface area contributed by atoms with Gasteiger partial charge in [-0.1, -0.05) is 23.5 Å². The molecule has 1 amide bonds. The van der Waals surface area contributed by atoms with Crippen LogP contribution in [-0.4, -0.2) is 44.2 Å². The predicted molar refractivity (Wildman–Crippen MR) is 118 cm³/mol. The molecule has 0 unspecified atom stereocenters. The van der Waals surface area contributed by atoms with E-state index in [0.29, 0.717) is 11.3 Å². The van der Waals surface area contributed by atoms with E-state index >= 15 is 0 Å². The molecule has 1 N–H and O–H groups in total. The van der Waals surface area contributed by atoms with E-state index in [-0.39, 0.29) is 11.8 Å². The van der Waals surface area contributed by atoms with Gasteiger partial charge in [0, 0.05) is 19.0 Å². The number of nitrogens with zero attached hydrogens (tertiary/aromatic N) is 2. The third kappa shape index (κ3) is 4.09. The molecule has 1 fully saturated rings. The van der Waals surface area contributed by atoms with Crippen molar-refractivity contribution in [1.82, 2.24) is 4.98 Å². The molecule has 0 aliphatic carbocycles. The van der Waals surface area contributed by atoms with Crippen LogP contribution in [0, 0.1) is 5.92 Å². The highest BCUT2D eigenvalue weighted by atomic mass is 32.1. The Kier molecular flexibility index (Phi) is 5.85. The molecule has 7 nitrogen and oxygen atoms in total. The first kappa shape index (κ1) is 20.2. The Balaban J connectivity index is 1.40. The molecule has 4 rings (SSSR count). The normalized spacial score (nSPS) is 14.5. The number of para-hydroxylation sites is 1. The van der Waals surface area contributed by atoms with Crippen molar-refractivity contribution >= 4 is 44.2 Å². The second-order valence-corrected chi connectivity index (χ2v) is 8.13. The number of nitrogens with one attached hydrogen (secondary N) is 1. The number of benzene rings is 2. The smallest absolute Gasteiger partial charge is 0.339 e. The summed E-state index contributed by atoms with van der Waals surface area (Å²) in [5.74, 6) is 0.176. The van der Waals surface area contributed by atoms with Crippen molar-refractivity contribution < 1.29 is 19.1 Å². The number of carbonyl (C=O) groups excluding carboxylic acids is 2. The van der Waals surface area contributed by atoms with Gasteiger partial charge in [-0.15, -0.1) is 0 Å². The fraction of sp³-hybridized carbons (Fsp3) is 0.318. The molecule has 1 aromatic heterocycles. The lowest BCUT2D eigenvalue weighted by Crippen LogP contribution is -2.38. The number of hydrogen-bond donors (Lipinski definition) is 1. The molecule has 0 bridgehead atoms. The second-order valence-electron chi connectivity index (χ2n) is 7.12. The Bertz CT molecular complexity index is 1070. The first-order chi connectivity index (χ1) is 14.6. The van der Waals surface area contributed by atoms with Crippen LogP contribution < -0.4 is 15.0 Å². The van der Waals surface area contributed by atoms with Crippen LogP contribution in [0.1, 0.15) is 23.2 Å². The molecular formula is C22H23N3O4S. The first-order valence-electron chi connectivity index (χ1n) is 9.77. The highest BCUT2D eigenvalue weighted by molar-refractivity contribution is 7.22. The molecule has 30 heavy (non-hydrogen) atoms. The zero-order valence-corrected chi connectivity index (χ0v) is 17.7. The quantitative estimate of drug-likeness (QED) is 0.624. The maximum Gasteiger partial charge on any atom is 0.339 e. The van der Waals surface area contributed by atoms with Gasteiger partial charge < -0.3 is 19.7 Å². The van der Waals surface area contributed by atoms with Crippen LogP contribution >= 0.6 is 11.3 Å². The third-order valence-electron chi connectivity index (χ3n) is 5.31. The summed E-state index contributed by atoms with van der Waals surface area (Å²) in [4.78, 5) is 31.6. The van der Waals surface area contributed by atoms with E-state index in [4.69, 9.17) is 14.5 Å². The van der Waals surface area contributed by atoms with E-state index in [2.05, 4.69) is 10.2 Å². The molecule has 8 heteroatoms. The highest BCUT2D eigenvalue weighted by Gasteiger charge is 2.27. The van der Waals surface area contributed by atoms with Crippen molar-refractivity contribution in [3.63, 3.8) is 0 Å². The zero-order chi connectivity index (χ0) is 21.1. The number of amides is 1. The van der Waals surface area contributed by atoms with E-state index in [1.54, 1.807) is 42.7 Å². The molecule has 0 atom stereocenters. The number of aromatic nitrogens is 1. The lowest BCUT2D eigenvalue weighted by molar-refractivity contribution is -0.120. The van der Waals surface area contributed by atoms with Crippen molar-refractivity contribution in [2.24, 2.45) is 5.92 Å². The largest absolute Gasteiger partial charge is 0.497 e. The van der Waals surface area contributed by atoms with Crippen LogP contribution in [-0.2, 0) is 9.53 Å². The molecule has 0 radical (unpaired) electrons. The topological polar surface area (TPSA) is 80.8 Å². The molecule has 0 spiro atoms. The summed E-state index contributed by atoms with van der Waals surface area (Å²) in [5, 5.41) is 3.86. The molecule has 2 aromatic carbocycles. The SMILES string of the molecule is COC(=O)c1ccccc1NC(=O)C1CCN(c2nc3ccc(OC)cc3s2)CC1. The number of fused-ring (bicyclic) bond motifs is 1. The number of hydrogen-bond acceptors (Lipinski definition) is 7. The summed E-state index contributed by atoms with van der Waals surface area (Å²) in [6.45, 7) is 1.52. The fourth-order valence-electron chi connectivity index (χ4n) is 3.60. The highest BCUT2D eigenvalue weighted by Crippen LogP contribution is 2.33. The Morgan fingerprint density at radius 2 is 1.90 bits per heavy atom. The summed E-state index contributed by atoms with van der Waals surface area (Å²) in [7, 11) is 2.98. The number of carbonyl (C=O) groups is 2. The van der Waals surface area contributed by atoms with Crippen LogP contribution in [0.25, 0.3) is 10.2 Å². The van der Waals surface area contributed by atoms with Crippen LogP contribution in [0.4, 0.5) is 10.8 Å². The van der Waals surface area contributed by atoms with Gasteiger partial charge in [-0.3, -0.25) is 4.79 Å². The third-order valence-corrected chi connectivity index (χ3v) is 6.39. The number of thiazole rings is 1. The maximum atomic E-state index is 12.8. The van der Waals surface area contributed by atoms with Gasteiger partial charge in [0.1, 0.15) is 5.75 Å². The van der Waals surface area contributed by atoms with Crippen LogP contribution in [0.5, 0.6) is 5.75 Å². The van der Waals surface area contributed by atoms with E-state index < -0.39 is 5.97 Å². The van der Waals surface area contributed by atoms with Crippen LogP contribution in [0.15, 0.2) is 42.5 Å². The van der Waals surface area contributed by atoms with Gasteiger partial charge >= 0.3 is 5.97 Å². The predicted octanol–water partition coefficient (Wildman–Crippen LogP) is 3.95. The molecule has 1 saturated heterocycles. The Morgan fingerprint density at radius 3 is 2.63 bits per heavy atom. The summed E-state index contributed by atoms with van der Waals surface area (Å²) in [6, 6.07) is 12.8. The number of piperidine rings is 1. The minimum absolute atomic E-state index is 0.0694. The summed E-state index contributed by atoms with van der Waals surface area (Å²) in [5.41, 5.74) is 1.79. The van der Waals surface area contributed by atoms with E-state index in [0.717, 1.165) is 47.0 Å². The fourth-order valence-corrected chi connectivity index (χ4v) is 4.65. The minimum atomic E-state index is -0.465. The van der Waals surface area contributed by atoms with Gasteiger partial charge in [-0.05, 0) is 43.2 Å². The lowest BCUT2D eigenvalue weighted by atomic mass is 9.96.